The van der Waals surface area contributed by atoms with E-state index in [-0.39, 0.29) is 56.4 Å². The molecule has 2 amide bonds. The number of hydrogen-bond donors (Lipinski definition) is 10. The number of carbonyl (C=O) groups is 2. The molecule has 13 atom stereocenters. The van der Waals surface area contributed by atoms with Crippen molar-refractivity contribution in [3.8, 4) is 0 Å². The van der Waals surface area contributed by atoms with Gasteiger partial charge in [-0.1, -0.05) is 11.6 Å². The Morgan fingerprint density at radius 3 is 2.30 bits per heavy atom. The summed E-state index contributed by atoms with van der Waals surface area (Å²) in [5.74, 6) is 0.978. The predicted octanol–water partition coefficient (Wildman–Crippen LogP) is -0.910. The highest BCUT2D eigenvalue weighted by Crippen LogP contribution is 2.61. The smallest absolute Gasteiger partial charge is 0.449 e. The van der Waals surface area contributed by atoms with Gasteiger partial charge in [0.15, 0.2) is 23.7 Å². The second-order valence-electron chi connectivity index (χ2n) is 16.8. The maximum absolute atomic E-state index is 12.8. The Bertz CT molecular complexity index is 2180. The van der Waals surface area contributed by atoms with Crippen molar-refractivity contribution in [1.82, 2.24) is 30.2 Å². The Labute approximate surface area is 395 Å². The van der Waals surface area contributed by atoms with E-state index in [1.807, 2.05) is 0 Å². The molecule has 4 aliphatic rings. The predicted molar refractivity (Wildman–Crippen MR) is 234 cm³/mol. The van der Waals surface area contributed by atoms with Crippen LogP contribution in [0.2, 0.25) is 0 Å². The van der Waals surface area contributed by atoms with Crippen molar-refractivity contribution < 1.29 is 95.4 Å². The number of nitrogens with one attached hydrogen (secondary N) is 3. The number of aliphatic hydroxyl groups is 4. The third-order valence-corrected chi connectivity index (χ3v) is 14.4. The summed E-state index contributed by atoms with van der Waals surface area (Å²) < 4.78 is 78.6. The second-order valence-corrected chi connectivity index (χ2v) is 19.8. The zero-order valence-electron chi connectivity index (χ0n) is 37.9. The molecule has 2 aromatic heterocycles. The number of aromatic amines is 1. The van der Waals surface area contributed by atoms with Crippen LogP contribution in [0.1, 0.15) is 51.7 Å². The first kappa shape index (κ1) is 54.8. The molecule has 2 aromatic rings. The Morgan fingerprint density at radius 2 is 1.58 bits per heavy atom. The first-order chi connectivity index (χ1) is 32.9. The van der Waals surface area contributed by atoms with Crippen molar-refractivity contribution in [3.63, 3.8) is 0 Å². The molecule has 28 nitrogen and oxygen atoms in total. The van der Waals surface area contributed by atoms with Gasteiger partial charge in [0.1, 0.15) is 30.5 Å². The number of hydrogen-bond acceptors (Lipinski definition) is 22. The number of aromatic nitrogens is 4. The van der Waals surface area contributed by atoms with Crippen LogP contribution in [0.15, 0.2) is 22.8 Å². The maximum atomic E-state index is 12.8. The van der Waals surface area contributed by atoms with Crippen molar-refractivity contribution in [2.75, 3.05) is 84.9 Å². The number of alkyl carbamates (subject to hydrolysis) is 1. The number of nitrogens with zero attached hydrogens (tertiary/aromatic N) is 3. The van der Waals surface area contributed by atoms with E-state index in [1.54, 1.807) is 0 Å². The van der Waals surface area contributed by atoms with Crippen LogP contribution in [-0.2, 0) is 60.4 Å². The number of amides is 2. The number of carbonyl (C=O) groups excluding carboxylic acids is 2. The number of phosphoric acid groups is 2. The van der Waals surface area contributed by atoms with E-state index in [2.05, 4.69) is 42.9 Å². The number of aliphatic hydroxyl groups excluding tert-OH is 4. The van der Waals surface area contributed by atoms with E-state index in [4.69, 9.17) is 47.9 Å². The third kappa shape index (κ3) is 16.5. The van der Waals surface area contributed by atoms with Gasteiger partial charge in [0.2, 0.25) is 11.9 Å². The molecular formula is C39H63N7O21P2. The molecule has 3 fully saturated rings. The normalized spacial score (nSPS) is 30.5. The fourth-order valence-corrected chi connectivity index (χ4v) is 10.4. The highest BCUT2D eigenvalue weighted by atomic mass is 31.3. The Kier molecular flexibility index (Phi) is 20.5. The minimum absolute atomic E-state index is 0.0185. The molecule has 2 aliphatic heterocycles. The summed E-state index contributed by atoms with van der Waals surface area (Å²) in [6.45, 7) is 3.63. The van der Waals surface area contributed by atoms with Crippen molar-refractivity contribution >= 4 is 44.8 Å². The highest BCUT2D eigenvalue weighted by Gasteiger charge is 2.50. The lowest BCUT2D eigenvalue weighted by Gasteiger charge is -2.40. The number of nitrogens with two attached hydrogens (primary N) is 1. The molecule has 30 heteroatoms. The summed E-state index contributed by atoms with van der Waals surface area (Å²) in [7, 11) is -11.1. The van der Waals surface area contributed by atoms with Crippen molar-refractivity contribution in [3.05, 3.63) is 28.3 Å². The number of H-pyrrole nitrogens is 1. The largest absolute Gasteiger partial charge is 0.483 e. The van der Waals surface area contributed by atoms with Gasteiger partial charge in [-0.15, -0.1) is 0 Å². The van der Waals surface area contributed by atoms with Crippen LogP contribution in [0.3, 0.4) is 0 Å². The maximum Gasteiger partial charge on any atom is 0.483 e. The lowest BCUT2D eigenvalue weighted by molar-refractivity contribution is -0.273. The molecule has 5 unspecified atom stereocenters. The molecule has 0 spiro atoms. The van der Waals surface area contributed by atoms with Gasteiger partial charge in [0.05, 0.1) is 78.5 Å². The van der Waals surface area contributed by atoms with Gasteiger partial charge in [-0.2, -0.15) is 9.29 Å². The zero-order valence-corrected chi connectivity index (χ0v) is 39.6. The molecular weight excluding hydrogens is 964 g/mol. The Balaban J connectivity index is 0.767. The van der Waals surface area contributed by atoms with Gasteiger partial charge in [-0.05, 0) is 50.4 Å². The van der Waals surface area contributed by atoms with E-state index in [9.17, 15) is 53.7 Å². The number of allylic oxidation sites excluding steroid dienone is 2. The third-order valence-electron chi connectivity index (χ3n) is 11.8. The van der Waals surface area contributed by atoms with E-state index < -0.39 is 95.5 Å². The molecule has 2 saturated heterocycles. The molecule has 2 aliphatic carbocycles. The first-order valence-corrected chi connectivity index (χ1v) is 25.5. The van der Waals surface area contributed by atoms with Crippen molar-refractivity contribution in [1.29, 1.82) is 0 Å². The number of imidazole rings is 1. The van der Waals surface area contributed by atoms with Crippen molar-refractivity contribution in [2.45, 2.75) is 94.6 Å². The molecule has 69 heavy (non-hydrogen) atoms. The van der Waals surface area contributed by atoms with E-state index in [0.717, 1.165) is 32.0 Å². The Hall–Kier alpha value is -3.51. The lowest BCUT2D eigenvalue weighted by Crippen LogP contribution is -2.60. The molecule has 0 radical (unpaired) electrons. The minimum atomic E-state index is -5.65. The first-order valence-electron chi connectivity index (χ1n) is 22.5. The SMILES string of the molecule is C/C1=C/CC[C@@H]2[C@H](CC1)[C@@H]2COC(=O)NCCOCCOCCOCCOCCC(=O)NCC1O[C@H](OP(=O)(O)OP(=O)(O)OC[C@@H]2C[C@H](O)[C@H](n3cnc4c(=O)[nH]c(N)nc43)O2)C(O)C(O)[C@@H]1O. The summed E-state index contributed by atoms with van der Waals surface area (Å²) in [5, 5.41) is 46.9. The van der Waals surface area contributed by atoms with Gasteiger partial charge < -0.3 is 79.7 Å². The van der Waals surface area contributed by atoms with Crippen LogP contribution in [0.5, 0.6) is 0 Å². The quantitative estimate of drug-likeness (QED) is 0.0294. The van der Waals surface area contributed by atoms with Gasteiger partial charge in [-0.3, -0.25) is 28.2 Å². The van der Waals surface area contributed by atoms with Crippen LogP contribution < -0.4 is 21.9 Å². The number of rotatable bonds is 27. The summed E-state index contributed by atoms with van der Waals surface area (Å²) in [4.78, 5) is 67.2. The summed E-state index contributed by atoms with van der Waals surface area (Å²) >= 11 is 0. The van der Waals surface area contributed by atoms with Crippen LogP contribution >= 0.6 is 15.6 Å². The van der Waals surface area contributed by atoms with Gasteiger partial charge in [0.25, 0.3) is 5.56 Å². The summed E-state index contributed by atoms with van der Waals surface area (Å²) in [6, 6.07) is 0. The number of ether oxygens (including phenoxy) is 7. The van der Waals surface area contributed by atoms with Crippen molar-refractivity contribution in [2.24, 2.45) is 17.8 Å². The number of nitrogen functional groups attached to an aromatic ring is 1. The number of phosphoric ester groups is 2. The zero-order chi connectivity index (χ0) is 49.7. The molecule has 390 valence electrons. The van der Waals surface area contributed by atoms with Crippen LogP contribution in [0, 0.1) is 17.8 Å². The highest BCUT2D eigenvalue weighted by molar-refractivity contribution is 7.61. The molecule has 11 N–H and O–H groups in total. The van der Waals surface area contributed by atoms with Crippen LogP contribution in [-0.4, -0.2) is 184 Å². The van der Waals surface area contributed by atoms with Gasteiger partial charge in [-0.25, -0.2) is 18.9 Å². The fraction of sp³-hybridized carbons (Fsp3) is 0.769. The summed E-state index contributed by atoms with van der Waals surface area (Å²) in [5.41, 5.74) is 6.29. The lowest BCUT2D eigenvalue weighted by atomic mass is 9.99. The Morgan fingerprint density at radius 1 is 0.899 bits per heavy atom. The monoisotopic (exact) mass is 1030 g/mol. The van der Waals surface area contributed by atoms with Crippen LogP contribution in [0.25, 0.3) is 11.2 Å². The number of fused-ring (bicyclic) bond motifs is 2. The van der Waals surface area contributed by atoms with E-state index >= 15 is 0 Å². The average Bonchev–Trinajstić information content (AvgIpc) is 3.52. The molecule has 0 bridgehead atoms. The molecule has 0 aromatic carbocycles. The molecule has 1 saturated carbocycles. The van der Waals surface area contributed by atoms with Gasteiger partial charge in [0, 0.05) is 25.9 Å². The minimum Gasteiger partial charge on any atom is -0.449 e. The van der Waals surface area contributed by atoms with Crippen LogP contribution in [0.4, 0.5) is 10.7 Å². The van der Waals surface area contributed by atoms with E-state index in [1.165, 1.54) is 10.1 Å². The topological polar surface area (TPSA) is 396 Å². The average molecular weight is 1030 g/mol. The standard InChI is InChI=1S/C39H63N7O21P2/c1-22-3-2-4-24-25(6-5-22)26(24)20-62-39(53)41-8-10-59-12-14-61-16-15-60-13-11-58-9-7-29(48)42-18-28-31(49)32(50)33(51)37(65-28)66-69(56,57)67-68(54,55)63-19-23-17-27(47)36(64-23)46-21-43-30-34(46)44-38(40)45-35(30)52/h3,21,23-28,31-33,36-37,47,49-51H,2,4-20H2,1H3,(H,41,53)(H,42,48)(H,54,55)(H,56,57)(H3,40,44,45,52)/b22-3-/t23-,24+,25-,26+,27-,28?,31+,32?,33?,36+,37+/m0/s1. The van der Waals surface area contributed by atoms with Gasteiger partial charge >= 0.3 is 21.7 Å². The fourth-order valence-electron chi connectivity index (χ4n) is 8.19. The molecule has 6 rings (SSSR count). The summed E-state index contributed by atoms with van der Waals surface area (Å²) in [6.07, 6.45) is -6.05. The number of anilines is 1. The molecule has 4 heterocycles. The van der Waals surface area contributed by atoms with E-state index in [0.29, 0.717) is 57.3 Å². The second kappa shape index (κ2) is 25.7.